The number of hydrogen-bond acceptors (Lipinski definition) is 5. The summed E-state index contributed by atoms with van der Waals surface area (Å²) >= 11 is 0. The van der Waals surface area contributed by atoms with Gasteiger partial charge >= 0.3 is 21.6 Å². The van der Waals surface area contributed by atoms with E-state index in [1.54, 1.807) is 6.08 Å². The lowest BCUT2D eigenvalue weighted by atomic mass is 9.45. The second-order valence-corrected chi connectivity index (χ2v) is 11.9. The van der Waals surface area contributed by atoms with E-state index in [1.165, 1.54) is 6.92 Å². The standard InChI is InChI=1S/C22H31F3O5S/c1-13(26)29-15-8-10-20(2)14(12-15)4-5-16-17-6-7-19(21(17,3)11-9-18(16)20)30-31(27,28)22(23,24)25/h7,14-18H,4-6,8-12H2,1-3H3/t14-,15-,16-,17-,18-,20-,21-/m0/s1. The maximum absolute atomic E-state index is 12.9. The highest BCUT2D eigenvalue weighted by Gasteiger charge is 2.61. The molecule has 0 amide bonds. The second-order valence-electron chi connectivity index (χ2n) is 10.4. The minimum atomic E-state index is -5.66. The largest absolute Gasteiger partial charge is 0.534 e. The lowest BCUT2D eigenvalue weighted by Crippen LogP contribution is -2.54. The molecule has 0 aliphatic heterocycles. The molecule has 3 fully saturated rings. The van der Waals surface area contributed by atoms with Crippen LogP contribution in [0.25, 0.3) is 0 Å². The van der Waals surface area contributed by atoms with Crippen molar-refractivity contribution in [1.29, 1.82) is 0 Å². The summed E-state index contributed by atoms with van der Waals surface area (Å²) in [5.41, 5.74) is -5.99. The summed E-state index contributed by atoms with van der Waals surface area (Å²) in [6.07, 6.45) is 8.21. The Morgan fingerprint density at radius 1 is 1.10 bits per heavy atom. The minimum Gasteiger partial charge on any atom is -0.463 e. The zero-order chi connectivity index (χ0) is 22.8. The molecule has 0 N–H and O–H groups in total. The molecular weight excluding hydrogens is 433 g/mol. The van der Waals surface area contributed by atoms with E-state index < -0.39 is 21.0 Å². The summed E-state index contributed by atoms with van der Waals surface area (Å²) in [4.78, 5) is 11.4. The lowest BCUT2D eigenvalue weighted by Gasteiger charge is -2.60. The molecule has 3 saturated carbocycles. The van der Waals surface area contributed by atoms with Crippen LogP contribution in [0.5, 0.6) is 0 Å². The first-order valence-electron chi connectivity index (χ1n) is 11.2. The third-order valence-electron chi connectivity index (χ3n) is 8.94. The zero-order valence-electron chi connectivity index (χ0n) is 18.2. The van der Waals surface area contributed by atoms with Crippen LogP contribution in [0.2, 0.25) is 0 Å². The summed E-state index contributed by atoms with van der Waals surface area (Å²) in [7, 11) is -5.66. The topological polar surface area (TPSA) is 69.7 Å². The molecule has 7 atom stereocenters. The third-order valence-corrected chi connectivity index (χ3v) is 9.91. The number of halogens is 3. The predicted molar refractivity (Wildman–Crippen MR) is 107 cm³/mol. The fourth-order valence-electron chi connectivity index (χ4n) is 7.38. The van der Waals surface area contributed by atoms with E-state index >= 15 is 0 Å². The van der Waals surface area contributed by atoms with E-state index in [0.29, 0.717) is 30.6 Å². The molecule has 4 rings (SSSR count). The van der Waals surface area contributed by atoms with Gasteiger partial charge in [0.25, 0.3) is 0 Å². The quantitative estimate of drug-likeness (QED) is 0.321. The SMILES string of the molecule is CC(=O)O[C@H]1CC[C@@]2(C)[C@@H](CC[C@@H]3[C@@H]2CC[C@]2(C)C(OS(=O)(=O)C(F)(F)F)=CC[C@@H]32)C1. The normalized spacial score (nSPS) is 42.6. The molecule has 4 aliphatic carbocycles. The number of alkyl halides is 3. The van der Waals surface area contributed by atoms with Gasteiger partial charge in [-0.05, 0) is 86.5 Å². The van der Waals surface area contributed by atoms with Gasteiger partial charge in [0, 0.05) is 12.3 Å². The fourth-order valence-corrected chi connectivity index (χ4v) is 7.97. The van der Waals surface area contributed by atoms with Crippen LogP contribution >= 0.6 is 0 Å². The van der Waals surface area contributed by atoms with Gasteiger partial charge in [-0.3, -0.25) is 4.79 Å². The Morgan fingerprint density at radius 3 is 2.45 bits per heavy atom. The summed E-state index contributed by atoms with van der Waals surface area (Å²) in [5, 5.41) is 0. The summed E-state index contributed by atoms with van der Waals surface area (Å²) < 4.78 is 72.0. The van der Waals surface area contributed by atoms with Crippen LogP contribution in [0.4, 0.5) is 13.2 Å². The van der Waals surface area contributed by atoms with E-state index in [1.807, 2.05) is 6.92 Å². The average molecular weight is 465 g/mol. The van der Waals surface area contributed by atoms with Crippen molar-refractivity contribution < 1.29 is 35.3 Å². The zero-order valence-corrected chi connectivity index (χ0v) is 19.0. The van der Waals surface area contributed by atoms with Crippen molar-refractivity contribution in [2.75, 3.05) is 0 Å². The number of allylic oxidation sites excluding steroid dienone is 2. The molecule has 5 nitrogen and oxygen atoms in total. The maximum Gasteiger partial charge on any atom is 0.534 e. The molecule has 0 radical (unpaired) electrons. The highest BCUT2D eigenvalue weighted by molar-refractivity contribution is 7.87. The minimum absolute atomic E-state index is 0.0262. The third kappa shape index (κ3) is 3.68. The number of hydrogen-bond donors (Lipinski definition) is 0. The van der Waals surface area contributed by atoms with E-state index in [4.69, 9.17) is 4.74 Å². The Kier molecular flexibility index (Phi) is 5.46. The lowest BCUT2D eigenvalue weighted by molar-refractivity contribution is -0.159. The smallest absolute Gasteiger partial charge is 0.463 e. The van der Waals surface area contributed by atoms with E-state index in [-0.39, 0.29) is 29.2 Å². The molecule has 0 unspecified atom stereocenters. The van der Waals surface area contributed by atoms with Gasteiger partial charge in [0.05, 0.1) is 0 Å². The maximum atomic E-state index is 12.9. The predicted octanol–water partition coefficient (Wildman–Crippen LogP) is 5.32. The first-order valence-corrected chi connectivity index (χ1v) is 12.6. The Labute approximate surface area is 181 Å². The van der Waals surface area contributed by atoms with E-state index in [9.17, 15) is 26.4 Å². The van der Waals surface area contributed by atoms with Gasteiger partial charge in [-0.2, -0.15) is 21.6 Å². The van der Waals surface area contributed by atoms with Gasteiger partial charge in [-0.15, -0.1) is 0 Å². The molecule has 31 heavy (non-hydrogen) atoms. The highest BCUT2D eigenvalue weighted by Crippen LogP contribution is 2.66. The molecule has 0 aromatic rings. The van der Waals surface area contributed by atoms with Crippen molar-refractivity contribution in [1.82, 2.24) is 0 Å². The molecule has 9 heteroatoms. The van der Waals surface area contributed by atoms with Crippen LogP contribution in [0.1, 0.15) is 72.1 Å². The van der Waals surface area contributed by atoms with Crippen molar-refractivity contribution in [3.63, 3.8) is 0 Å². The molecule has 0 heterocycles. The van der Waals surface area contributed by atoms with Crippen LogP contribution in [0.3, 0.4) is 0 Å². The van der Waals surface area contributed by atoms with Crippen molar-refractivity contribution in [2.24, 2.45) is 34.5 Å². The molecule has 0 bridgehead atoms. The van der Waals surface area contributed by atoms with Crippen LogP contribution in [0.15, 0.2) is 11.8 Å². The molecule has 0 spiro atoms. The van der Waals surface area contributed by atoms with Gasteiger partial charge in [-0.1, -0.05) is 13.8 Å². The first-order chi connectivity index (χ1) is 14.3. The van der Waals surface area contributed by atoms with Crippen molar-refractivity contribution >= 4 is 16.1 Å². The molecule has 0 aromatic carbocycles. The molecule has 0 saturated heterocycles. The summed E-state index contributed by atoms with van der Waals surface area (Å²) in [6.45, 7) is 5.64. The highest BCUT2D eigenvalue weighted by atomic mass is 32.2. The molecular formula is C22H31F3O5S. The second kappa shape index (κ2) is 7.39. The molecule has 4 aliphatic rings. The van der Waals surface area contributed by atoms with Gasteiger partial charge in [-0.25, -0.2) is 0 Å². The Morgan fingerprint density at radius 2 is 1.81 bits per heavy atom. The Hall–Kier alpha value is -1.25. The Bertz CT molecular complexity index is 882. The number of ether oxygens (including phenoxy) is 1. The van der Waals surface area contributed by atoms with Gasteiger partial charge in [0.2, 0.25) is 0 Å². The molecule has 176 valence electrons. The van der Waals surface area contributed by atoms with Crippen molar-refractivity contribution in [2.45, 2.75) is 83.8 Å². The van der Waals surface area contributed by atoms with Gasteiger partial charge < -0.3 is 8.92 Å². The average Bonchev–Trinajstić information content (AvgIpc) is 2.96. The summed E-state index contributed by atoms with van der Waals surface area (Å²) in [5.74, 6) is 1.06. The van der Waals surface area contributed by atoms with E-state index in [2.05, 4.69) is 11.1 Å². The number of rotatable bonds is 3. The van der Waals surface area contributed by atoms with Crippen LogP contribution < -0.4 is 0 Å². The fraction of sp³-hybridized carbons (Fsp3) is 0.864. The van der Waals surface area contributed by atoms with Crippen LogP contribution in [-0.4, -0.2) is 26.0 Å². The van der Waals surface area contributed by atoms with E-state index in [0.717, 1.165) is 38.5 Å². The number of fused-ring (bicyclic) bond motifs is 5. The van der Waals surface area contributed by atoms with Crippen molar-refractivity contribution in [3.8, 4) is 0 Å². The Balaban J connectivity index is 1.51. The van der Waals surface area contributed by atoms with Crippen molar-refractivity contribution in [3.05, 3.63) is 11.8 Å². The van der Waals surface area contributed by atoms with Crippen LogP contribution in [-0.2, 0) is 23.8 Å². The van der Waals surface area contributed by atoms with Crippen LogP contribution in [0, 0.1) is 34.5 Å². The van der Waals surface area contributed by atoms with Gasteiger partial charge in [0.15, 0.2) is 0 Å². The molecule has 0 aromatic heterocycles. The first kappa shape index (κ1) is 22.9. The van der Waals surface area contributed by atoms with Gasteiger partial charge in [0.1, 0.15) is 11.9 Å². The number of carbonyl (C=O) groups excluding carboxylic acids is 1. The summed E-state index contributed by atoms with van der Waals surface area (Å²) in [6, 6.07) is 0. The monoisotopic (exact) mass is 464 g/mol. The number of esters is 1. The number of carbonyl (C=O) groups is 1.